The van der Waals surface area contributed by atoms with Gasteiger partial charge in [0, 0.05) is 11.1 Å². The molecule has 0 aliphatic carbocycles. The number of likely N-dealkylation sites (N-methyl/N-ethyl adjacent to an activating group) is 1. The summed E-state index contributed by atoms with van der Waals surface area (Å²) in [5.74, 6) is -0.286. The topological polar surface area (TPSA) is 12.0 Å². The first kappa shape index (κ1) is 15.2. The zero-order valence-corrected chi connectivity index (χ0v) is 11.9. The van der Waals surface area contributed by atoms with E-state index in [9.17, 15) is 4.39 Å². The molecule has 1 atom stereocenters. The third-order valence-corrected chi connectivity index (χ3v) is 3.25. The van der Waals surface area contributed by atoms with Crippen LogP contribution in [0.5, 0.6) is 0 Å². The van der Waals surface area contributed by atoms with E-state index < -0.39 is 0 Å². The van der Waals surface area contributed by atoms with Gasteiger partial charge in [0.15, 0.2) is 0 Å². The summed E-state index contributed by atoms with van der Waals surface area (Å²) in [5, 5.41) is 3.94. The van der Waals surface area contributed by atoms with E-state index in [2.05, 4.69) is 18.8 Å². The Morgan fingerprint density at radius 1 is 1.50 bits per heavy atom. The lowest BCUT2D eigenvalue weighted by molar-refractivity contribution is 0.490. The smallest absolute Gasteiger partial charge is 0.124 e. The van der Waals surface area contributed by atoms with E-state index in [4.69, 9.17) is 11.6 Å². The maximum Gasteiger partial charge on any atom is 0.124 e. The summed E-state index contributed by atoms with van der Waals surface area (Å²) in [6, 6.07) is 4.96. The Morgan fingerprint density at radius 3 is 2.78 bits per heavy atom. The Labute approximate surface area is 114 Å². The zero-order chi connectivity index (χ0) is 13.5. The molecule has 1 N–H and O–H groups in total. The van der Waals surface area contributed by atoms with Crippen molar-refractivity contribution < 1.29 is 4.39 Å². The van der Waals surface area contributed by atoms with Crippen LogP contribution in [-0.2, 0) is 6.42 Å². The second-order valence-corrected chi connectivity index (χ2v) is 5.10. The van der Waals surface area contributed by atoms with Crippen LogP contribution in [0.3, 0.4) is 0 Å². The van der Waals surface area contributed by atoms with Gasteiger partial charge in [-0.05, 0) is 50.4 Å². The van der Waals surface area contributed by atoms with E-state index in [1.54, 1.807) is 6.07 Å². The number of allylic oxidation sites excluding steroid dienone is 1. The van der Waals surface area contributed by atoms with Gasteiger partial charge in [0.05, 0.1) is 0 Å². The highest BCUT2D eigenvalue weighted by Gasteiger charge is 2.11. The van der Waals surface area contributed by atoms with E-state index >= 15 is 0 Å². The molecule has 3 heteroatoms. The van der Waals surface area contributed by atoms with Gasteiger partial charge in [-0.15, -0.1) is 6.58 Å². The highest BCUT2D eigenvalue weighted by Crippen LogP contribution is 2.20. The molecule has 0 fully saturated rings. The first-order valence-electron chi connectivity index (χ1n) is 6.34. The fourth-order valence-electron chi connectivity index (χ4n) is 1.94. The van der Waals surface area contributed by atoms with Gasteiger partial charge in [-0.3, -0.25) is 0 Å². The molecule has 0 heterocycles. The number of benzene rings is 1. The Balaban J connectivity index is 2.66. The summed E-state index contributed by atoms with van der Waals surface area (Å²) < 4.78 is 13.0. The molecule has 1 unspecified atom stereocenters. The van der Waals surface area contributed by atoms with Crippen molar-refractivity contribution in [1.29, 1.82) is 0 Å². The SMILES string of the molecule is C=C(C)CCC(Cc1ccc(F)cc1Cl)NCC. The molecule has 18 heavy (non-hydrogen) atoms. The van der Waals surface area contributed by atoms with Gasteiger partial charge in [0.1, 0.15) is 5.82 Å². The fraction of sp³-hybridized carbons (Fsp3) is 0.467. The highest BCUT2D eigenvalue weighted by atomic mass is 35.5. The van der Waals surface area contributed by atoms with Crippen LogP contribution in [0.15, 0.2) is 30.4 Å². The lowest BCUT2D eigenvalue weighted by Gasteiger charge is -2.18. The Kier molecular flexibility index (Phi) is 6.37. The molecule has 1 aromatic rings. The number of hydrogen-bond acceptors (Lipinski definition) is 1. The molecule has 0 amide bonds. The van der Waals surface area contributed by atoms with Gasteiger partial charge in [-0.2, -0.15) is 0 Å². The number of rotatable bonds is 7. The van der Waals surface area contributed by atoms with E-state index in [-0.39, 0.29) is 5.82 Å². The molecule has 0 bridgehead atoms. The molecule has 1 nitrogen and oxygen atoms in total. The molecular formula is C15H21ClFN. The van der Waals surface area contributed by atoms with Crippen LogP contribution in [-0.4, -0.2) is 12.6 Å². The normalized spacial score (nSPS) is 12.4. The standard InChI is InChI=1S/C15H21ClFN/c1-4-18-14(8-5-11(2)3)9-12-6-7-13(17)10-15(12)16/h6-7,10,14,18H,2,4-5,8-9H2,1,3H3. The first-order chi connectivity index (χ1) is 8.52. The quantitative estimate of drug-likeness (QED) is 0.726. The fourth-order valence-corrected chi connectivity index (χ4v) is 2.18. The summed E-state index contributed by atoms with van der Waals surface area (Å²) >= 11 is 6.05. The van der Waals surface area contributed by atoms with Crippen LogP contribution in [0.4, 0.5) is 4.39 Å². The summed E-state index contributed by atoms with van der Waals surface area (Å²) in [6.45, 7) is 8.96. The second kappa shape index (κ2) is 7.55. The van der Waals surface area contributed by atoms with Crippen LogP contribution in [0.1, 0.15) is 32.3 Å². The van der Waals surface area contributed by atoms with E-state index in [0.717, 1.165) is 31.4 Å². The predicted molar refractivity (Wildman–Crippen MR) is 76.6 cm³/mol. The third kappa shape index (κ3) is 5.19. The molecule has 0 spiro atoms. The van der Waals surface area contributed by atoms with Crippen LogP contribution >= 0.6 is 11.6 Å². The van der Waals surface area contributed by atoms with Crippen LogP contribution in [0, 0.1) is 5.82 Å². The van der Waals surface area contributed by atoms with Gasteiger partial charge in [-0.25, -0.2) is 4.39 Å². The first-order valence-corrected chi connectivity index (χ1v) is 6.72. The Hall–Kier alpha value is -0.860. The third-order valence-electron chi connectivity index (χ3n) is 2.89. The van der Waals surface area contributed by atoms with Crippen molar-refractivity contribution in [2.75, 3.05) is 6.54 Å². The van der Waals surface area contributed by atoms with Crippen molar-refractivity contribution in [2.24, 2.45) is 0 Å². The van der Waals surface area contributed by atoms with E-state index in [1.807, 2.05) is 6.92 Å². The van der Waals surface area contributed by atoms with Gasteiger partial charge < -0.3 is 5.32 Å². The van der Waals surface area contributed by atoms with Crippen molar-refractivity contribution in [1.82, 2.24) is 5.32 Å². The molecule has 1 rings (SSSR count). The number of nitrogens with one attached hydrogen (secondary N) is 1. The average molecular weight is 270 g/mol. The molecular weight excluding hydrogens is 249 g/mol. The van der Waals surface area contributed by atoms with Crippen molar-refractivity contribution in [3.63, 3.8) is 0 Å². The maximum absolute atomic E-state index is 13.0. The van der Waals surface area contributed by atoms with Crippen LogP contribution in [0.2, 0.25) is 5.02 Å². The lowest BCUT2D eigenvalue weighted by Crippen LogP contribution is -2.31. The zero-order valence-electron chi connectivity index (χ0n) is 11.1. The molecule has 0 radical (unpaired) electrons. The Morgan fingerprint density at radius 2 is 2.22 bits per heavy atom. The van der Waals surface area contributed by atoms with Crippen LogP contribution in [0.25, 0.3) is 0 Å². The minimum absolute atomic E-state index is 0.286. The monoisotopic (exact) mass is 269 g/mol. The van der Waals surface area contributed by atoms with Gasteiger partial charge in [0.25, 0.3) is 0 Å². The molecule has 0 aromatic heterocycles. The minimum Gasteiger partial charge on any atom is -0.314 e. The summed E-state index contributed by atoms with van der Waals surface area (Å²) in [7, 11) is 0. The van der Waals surface area contributed by atoms with Gasteiger partial charge in [0.2, 0.25) is 0 Å². The Bertz CT molecular complexity index is 403. The number of halogens is 2. The van der Waals surface area contributed by atoms with Gasteiger partial charge >= 0.3 is 0 Å². The lowest BCUT2D eigenvalue weighted by atomic mass is 10.00. The average Bonchev–Trinajstić information content (AvgIpc) is 2.29. The molecule has 0 aliphatic rings. The molecule has 0 aliphatic heterocycles. The summed E-state index contributed by atoms with van der Waals surface area (Å²) in [4.78, 5) is 0. The summed E-state index contributed by atoms with van der Waals surface area (Å²) in [5.41, 5.74) is 2.17. The summed E-state index contributed by atoms with van der Waals surface area (Å²) in [6.07, 6.45) is 2.84. The van der Waals surface area contributed by atoms with Gasteiger partial charge in [-0.1, -0.05) is 30.2 Å². The minimum atomic E-state index is -0.286. The van der Waals surface area contributed by atoms with Crippen molar-refractivity contribution in [2.45, 2.75) is 39.2 Å². The molecule has 100 valence electrons. The van der Waals surface area contributed by atoms with Crippen molar-refractivity contribution in [3.8, 4) is 0 Å². The van der Waals surface area contributed by atoms with Crippen LogP contribution < -0.4 is 5.32 Å². The molecule has 0 saturated heterocycles. The van der Waals surface area contributed by atoms with Crippen molar-refractivity contribution in [3.05, 3.63) is 46.8 Å². The largest absolute Gasteiger partial charge is 0.314 e. The van der Waals surface area contributed by atoms with E-state index in [1.165, 1.54) is 17.7 Å². The highest BCUT2D eigenvalue weighted by molar-refractivity contribution is 6.31. The van der Waals surface area contributed by atoms with Crippen molar-refractivity contribution >= 4 is 11.6 Å². The second-order valence-electron chi connectivity index (χ2n) is 4.69. The number of hydrogen-bond donors (Lipinski definition) is 1. The van der Waals surface area contributed by atoms with E-state index in [0.29, 0.717) is 11.1 Å². The predicted octanol–water partition coefficient (Wildman–Crippen LogP) is 4.36. The molecule has 0 saturated carbocycles. The maximum atomic E-state index is 13.0. The molecule has 1 aromatic carbocycles.